The number of carbonyl (C=O) groups excluding carboxylic acids is 1. The first-order chi connectivity index (χ1) is 11.7. The molecule has 24 heavy (non-hydrogen) atoms. The predicted octanol–water partition coefficient (Wildman–Crippen LogP) is 3.37. The van der Waals surface area contributed by atoms with Crippen molar-refractivity contribution in [1.82, 2.24) is 4.90 Å². The van der Waals surface area contributed by atoms with Crippen LogP contribution in [0.5, 0.6) is 0 Å². The first-order valence-electron chi connectivity index (χ1n) is 8.30. The molecule has 0 spiro atoms. The van der Waals surface area contributed by atoms with Gasteiger partial charge < -0.3 is 10.0 Å². The largest absolute Gasteiger partial charge is 0.395 e. The highest BCUT2D eigenvalue weighted by Gasteiger charge is 2.20. The zero-order valence-electron chi connectivity index (χ0n) is 14.1. The van der Waals surface area contributed by atoms with Gasteiger partial charge in [0.25, 0.3) is 0 Å². The Bertz CT molecular complexity index is 604. The van der Waals surface area contributed by atoms with Crippen LogP contribution in [-0.2, 0) is 17.0 Å². The first-order valence-corrected chi connectivity index (χ1v) is 9.34. The highest BCUT2D eigenvalue weighted by atomic mass is 32.2. The summed E-state index contributed by atoms with van der Waals surface area (Å²) in [4.78, 5) is 14.4. The molecule has 0 saturated carbocycles. The molecule has 1 unspecified atom stereocenters. The van der Waals surface area contributed by atoms with Gasteiger partial charge in [0.2, 0.25) is 5.91 Å². The van der Waals surface area contributed by atoms with Gasteiger partial charge in [-0.15, -0.1) is 11.8 Å². The Morgan fingerprint density at radius 1 is 1.00 bits per heavy atom. The third-order valence-electron chi connectivity index (χ3n) is 3.89. The lowest BCUT2D eigenvalue weighted by Gasteiger charge is -2.25. The van der Waals surface area contributed by atoms with Gasteiger partial charge >= 0.3 is 0 Å². The van der Waals surface area contributed by atoms with E-state index < -0.39 is 0 Å². The zero-order valence-corrected chi connectivity index (χ0v) is 14.9. The smallest absolute Gasteiger partial charge is 0.235 e. The SMILES string of the molecule is CC(SCc1ccccc1)C(=O)N(CCO)CCc1ccccc1. The fraction of sp³-hybridized carbons (Fsp3) is 0.350. The number of hydrogen-bond acceptors (Lipinski definition) is 3. The van der Waals surface area contributed by atoms with Crippen molar-refractivity contribution in [3.05, 3.63) is 71.8 Å². The lowest BCUT2D eigenvalue weighted by molar-refractivity contribution is -0.130. The average molecular weight is 343 g/mol. The van der Waals surface area contributed by atoms with E-state index in [0.29, 0.717) is 13.1 Å². The van der Waals surface area contributed by atoms with E-state index in [0.717, 1.165) is 12.2 Å². The highest BCUT2D eigenvalue weighted by Crippen LogP contribution is 2.19. The minimum absolute atomic E-state index is 0.00337. The van der Waals surface area contributed by atoms with Crippen LogP contribution in [-0.4, -0.2) is 40.9 Å². The van der Waals surface area contributed by atoms with Gasteiger partial charge in [0.1, 0.15) is 0 Å². The molecule has 0 saturated heterocycles. The van der Waals surface area contributed by atoms with Crippen LogP contribution < -0.4 is 0 Å². The summed E-state index contributed by atoms with van der Waals surface area (Å²) in [6, 6.07) is 20.3. The molecular formula is C20H25NO2S. The van der Waals surface area contributed by atoms with Gasteiger partial charge in [-0.25, -0.2) is 0 Å². The molecule has 1 amide bonds. The fourth-order valence-electron chi connectivity index (χ4n) is 2.49. The summed E-state index contributed by atoms with van der Waals surface area (Å²) in [5.41, 5.74) is 2.43. The highest BCUT2D eigenvalue weighted by molar-refractivity contribution is 7.99. The molecule has 0 radical (unpaired) electrons. The predicted molar refractivity (Wildman–Crippen MR) is 101 cm³/mol. The van der Waals surface area contributed by atoms with Gasteiger partial charge in [0, 0.05) is 18.8 Å². The Morgan fingerprint density at radius 2 is 1.58 bits per heavy atom. The Morgan fingerprint density at radius 3 is 2.17 bits per heavy atom. The number of thioether (sulfide) groups is 1. The van der Waals surface area contributed by atoms with Crippen LogP contribution in [0.25, 0.3) is 0 Å². The van der Waals surface area contributed by atoms with Gasteiger partial charge in [-0.1, -0.05) is 60.7 Å². The van der Waals surface area contributed by atoms with E-state index in [4.69, 9.17) is 0 Å². The molecule has 0 aliphatic rings. The van der Waals surface area contributed by atoms with Gasteiger partial charge in [-0.2, -0.15) is 0 Å². The number of aliphatic hydroxyl groups excluding tert-OH is 1. The van der Waals surface area contributed by atoms with E-state index in [1.54, 1.807) is 16.7 Å². The van der Waals surface area contributed by atoms with Gasteiger partial charge in [0.15, 0.2) is 0 Å². The van der Waals surface area contributed by atoms with Crippen LogP contribution in [0, 0.1) is 0 Å². The molecule has 0 heterocycles. The maximum absolute atomic E-state index is 12.7. The van der Waals surface area contributed by atoms with E-state index in [2.05, 4.69) is 24.3 Å². The average Bonchev–Trinajstić information content (AvgIpc) is 2.64. The van der Waals surface area contributed by atoms with E-state index >= 15 is 0 Å². The summed E-state index contributed by atoms with van der Waals surface area (Å²) < 4.78 is 0. The normalized spacial score (nSPS) is 11.9. The molecule has 1 atom stereocenters. The number of nitrogens with zero attached hydrogens (tertiary/aromatic N) is 1. The molecule has 0 fully saturated rings. The minimum atomic E-state index is -0.118. The van der Waals surface area contributed by atoms with Crippen LogP contribution in [0.15, 0.2) is 60.7 Å². The van der Waals surface area contributed by atoms with Crippen molar-refractivity contribution >= 4 is 17.7 Å². The van der Waals surface area contributed by atoms with Gasteiger partial charge in [0.05, 0.1) is 11.9 Å². The second kappa shape index (κ2) is 10.2. The Kier molecular flexibility index (Phi) is 7.86. The topological polar surface area (TPSA) is 40.5 Å². The fourth-order valence-corrected chi connectivity index (χ4v) is 3.41. The molecule has 0 aliphatic carbocycles. The molecule has 2 aromatic rings. The lowest BCUT2D eigenvalue weighted by atomic mass is 10.1. The van der Waals surface area contributed by atoms with Crippen LogP contribution in [0.4, 0.5) is 0 Å². The Balaban J connectivity index is 1.87. The maximum Gasteiger partial charge on any atom is 0.235 e. The molecule has 128 valence electrons. The zero-order chi connectivity index (χ0) is 17.2. The van der Waals surface area contributed by atoms with Crippen molar-refractivity contribution in [3.63, 3.8) is 0 Å². The van der Waals surface area contributed by atoms with E-state index in [1.165, 1.54) is 11.1 Å². The lowest BCUT2D eigenvalue weighted by Crippen LogP contribution is -2.39. The molecule has 4 heteroatoms. The van der Waals surface area contributed by atoms with Crippen molar-refractivity contribution in [1.29, 1.82) is 0 Å². The molecule has 0 aliphatic heterocycles. The van der Waals surface area contributed by atoms with Crippen molar-refractivity contribution in [2.24, 2.45) is 0 Å². The summed E-state index contributed by atoms with van der Waals surface area (Å²) in [7, 11) is 0. The van der Waals surface area contributed by atoms with Crippen LogP contribution in [0.2, 0.25) is 0 Å². The third kappa shape index (κ3) is 6.02. The van der Waals surface area contributed by atoms with Crippen LogP contribution >= 0.6 is 11.8 Å². The second-order valence-corrected chi connectivity index (χ2v) is 7.05. The van der Waals surface area contributed by atoms with Crippen molar-refractivity contribution in [2.75, 3.05) is 19.7 Å². The Hall–Kier alpha value is -1.78. The summed E-state index contributed by atoms with van der Waals surface area (Å²) in [5, 5.41) is 9.15. The molecule has 2 rings (SSSR count). The van der Waals surface area contributed by atoms with E-state index in [1.807, 2.05) is 43.3 Å². The summed E-state index contributed by atoms with van der Waals surface area (Å²) in [6.45, 7) is 2.97. The monoisotopic (exact) mass is 343 g/mol. The maximum atomic E-state index is 12.7. The quantitative estimate of drug-likeness (QED) is 0.759. The number of benzene rings is 2. The number of rotatable bonds is 9. The molecule has 0 bridgehead atoms. The summed E-state index contributed by atoms with van der Waals surface area (Å²) >= 11 is 1.64. The Labute approximate surface area is 148 Å². The number of amides is 1. The summed E-state index contributed by atoms with van der Waals surface area (Å²) in [5.74, 6) is 0.917. The number of carbonyl (C=O) groups is 1. The first kappa shape index (κ1) is 18.6. The molecular weight excluding hydrogens is 318 g/mol. The number of aliphatic hydroxyl groups is 1. The van der Waals surface area contributed by atoms with Gasteiger partial charge in [-0.05, 0) is 24.5 Å². The molecule has 3 nitrogen and oxygen atoms in total. The van der Waals surface area contributed by atoms with Crippen molar-refractivity contribution < 1.29 is 9.90 Å². The van der Waals surface area contributed by atoms with Crippen LogP contribution in [0.3, 0.4) is 0 Å². The minimum Gasteiger partial charge on any atom is -0.395 e. The number of hydrogen-bond donors (Lipinski definition) is 1. The summed E-state index contributed by atoms with van der Waals surface area (Å²) in [6.07, 6.45) is 0.808. The molecule has 0 aromatic heterocycles. The third-order valence-corrected chi connectivity index (χ3v) is 5.09. The van der Waals surface area contributed by atoms with Gasteiger partial charge in [-0.3, -0.25) is 4.79 Å². The molecule has 2 aromatic carbocycles. The van der Waals surface area contributed by atoms with E-state index in [9.17, 15) is 9.90 Å². The standard InChI is InChI=1S/C20H25NO2S/c1-17(24-16-19-10-6-3-7-11-19)20(23)21(14-15-22)13-12-18-8-4-2-5-9-18/h2-11,17,22H,12-16H2,1H3. The molecule has 1 N–H and O–H groups in total. The second-order valence-electron chi connectivity index (χ2n) is 5.72. The van der Waals surface area contributed by atoms with E-state index in [-0.39, 0.29) is 17.8 Å². The van der Waals surface area contributed by atoms with Crippen molar-refractivity contribution in [3.8, 4) is 0 Å². The van der Waals surface area contributed by atoms with Crippen molar-refractivity contribution in [2.45, 2.75) is 24.3 Å². The van der Waals surface area contributed by atoms with Crippen LogP contribution in [0.1, 0.15) is 18.1 Å².